The Bertz CT molecular complexity index is 608. The summed E-state index contributed by atoms with van der Waals surface area (Å²) in [6.45, 7) is 3.62. The zero-order valence-corrected chi connectivity index (χ0v) is 11.8. The number of rotatable bonds is 2. The first-order chi connectivity index (χ1) is 8.50. The van der Waals surface area contributed by atoms with Crippen LogP contribution in [0.1, 0.15) is 24.2 Å². The van der Waals surface area contributed by atoms with Crippen molar-refractivity contribution in [2.45, 2.75) is 20.0 Å². The molecule has 0 aromatic heterocycles. The highest BCUT2D eigenvalue weighted by atomic mass is 79.9. The zero-order valence-electron chi connectivity index (χ0n) is 10.2. The SMILES string of the molecule is CC(C)OC(=O)c1cc2ccccc2c(Br)c1N. The average molecular weight is 308 g/mol. The lowest BCUT2D eigenvalue weighted by Gasteiger charge is -2.12. The zero-order chi connectivity index (χ0) is 13.3. The van der Waals surface area contributed by atoms with Crippen LogP contribution in [0.3, 0.4) is 0 Å². The molecule has 0 saturated carbocycles. The van der Waals surface area contributed by atoms with Gasteiger partial charge >= 0.3 is 5.97 Å². The Kier molecular flexibility index (Phi) is 3.57. The van der Waals surface area contributed by atoms with Crippen molar-refractivity contribution in [3.63, 3.8) is 0 Å². The van der Waals surface area contributed by atoms with Crippen LogP contribution in [0.4, 0.5) is 5.69 Å². The van der Waals surface area contributed by atoms with Crippen LogP contribution in [0.2, 0.25) is 0 Å². The molecule has 0 bridgehead atoms. The fraction of sp³-hybridized carbons (Fsp3) is 0.214. The molecule has 18 heavy (non-hydrogen) atoms. The number of ether oxygens (including phenoxy) is 1. The quantitative estimate of drug-likeness (QED) is 0.679. The molecular formula is C14H14BrNO2. The van der Waals surface area contributed by atoms with E-state index in [1.54, 1.807) is 6.07 Å². The van der Waals surface area contributed by atoms with Crippen molar-refractivity contribution < 1.29 is 9.53 Å². The molecule has 0 aliphatic carbocycles. The molecule has 0 spiro atoms. The summed E-state index contributed by atoms with van der Waals surface area (Å²) in [5.41, 5.74) is 6.79. The fourth-order valence-electron chi connectivity index (χ4n) is 1.77. The highest BCUT2D eigenvalue weighted by molar-refractivity contribution is 9.10. The van der Waals surface area contributed by atoms with Crippen molar-refractivity contribution >= 4 is 38.4 Å². The topological polar surface area (TPSA) is 52.3 Å². The lowest BCUT2D eigenvalue weighted by atomic mass is 10.1. The average Bonchev–Trinajstić information content (AvgIpc) is 2.33. The normalized spacial score (nSPS) is 10.9. The van der Waals surface area contributed by atoms with Crippen LogP contribution in [0, 0.1) is 0 Å². The number of fused-ring (bicyclic) bond motifs is 1. The van der Waals surface area contributed by atoms with Crippen LogP contribution in [0.5, 0.6) is 0 Å². The van der Waals surface area contributed by atoms with Gasteiger partial charge in [0.15, 0.2) is 0 Å². The van der Waals surface area contributed by atoms with Crippen LogP contribution in [0.15, 0.2) is 34.8 Å². The minimum atomic E-state index is -0.394. The minimum absolute atomic E-state index is 0.165. The molecule has 0 radical (unpaired) electrons. The van der Waals surface area contributed by atoms with Crippen LogP contribution in [0.25, 0.3) is 10.8 Å². The number of nitrogens with two attached hydrogens (primary N) is 1. The third-order valence-electron chi connectivity index (χ3n) is 2.59. The molecule has 0 aliphatic rings. The van der Waals surface area contributed by atoms with E-state index in [9.17, 15) is 4.79 Å². The van der Waals surface area contributed by atoms with Crippen molar-refractivity contribution in [3.8, 4) is 0 Å². The monoisotopic (exact) mass is 307 g/mol. The second-order valence-corrected chi connectivity index (χ2v) is 5.12. The number of halogens is 1. The Labute approximate surface area is 114 Å². The molecule has 0 heterocycles. The molecule has 2 aromatic carbocycles. The van der Waals surface area contributed by atoms with Gasteiger partial charge in [0.2, 0.25) is 0 Å². The van der Waals surface area contributed by atoms with Crippen molar-refractivity contribution in [3.05, 3.63) is 40.4 Å². The molecule has 0 amide bonds. The Hall–Kier alpha value is -1.55. The van der Waals surface area contributed by atoms with Gasteiger partial charge in [0, 0.05) is 4.47 Å². The molecule has 0 fully saturated rings. The summed E-state index contributed by atoms with van der Waals surface area (Å²) < 4.78 is 5.91. The number of esters is 1. The molecule has 4 heteroatoms. The van der Waals surface area contributed by atoms with Gasteiger partial charge in [-0.3, -0.25) is 0 Å². The van der Waals surface area contributed by atoms with E-state index < -0.39 is 5.97 Å². The first kappa shape index (κ1) is 12.9. The maximum atomic E-state index is 11.9. The maximum absolute atomic E-state index is 11.9. The van der Waals surface area contributed by atoms with E-state index in [1.165, 1.54) is 0 Å². The number of hydrogen-bond donors (Lipinski definition) is 1. The van der Waals surface area contributed by atoms with Crippen molar-refractivity contribution in [1.82, 2.24) is 0 Å². The van der Waals surface area contributed by atoms with E-state index in [2.05, 4.69) is 15.9 Å². The second-order valence-electron chi connectivity index (χ2n) is 4.33. The first-order valence-electron chi connectivity index (χ1n) is 5.68. The van der Waals surface area contributed by atoms with Crippen LogP contribution >= 0.6 is 15.9 Å². The van der Waals surface area contributed by atoms with E-state index in [0.29, 0.717) is 11.3 Å². The van der Waals surface area contributed by atoms with Gasteiger partial charge in [-0.05, 0) is 46.6 Å². The summed E-state index contributed by atoms with van der Waals surface area (Å²) in [5, 5.41) is 1.94. The van der Waals surface area contributed by atoms with Gasteiger partial charge in [-0.1, -0.05) is 24.3 Å². The Morgan fingerprint density at radius 1 is 1.33 bits per heavy atom. The number of hydrogen-bond acceptors (Lipinski definition) is 3. The number of benzene rings is 2. The number of carbonyl (C=O) groups is 1. The Balaban J connectivity index is 2.58. The number of nitrogen functional groups attached to an aromatic ring is 1. The highest BCUT2D eigenvalue weighted by Crippen LogP contribution is 2.33. The Morgan fingerprint density at radius 3 is 2.67 bits per heavy atom. The van der Waals surface area contributed by atoms with Crippen LogP contribution in [-0.4, -0.2) is 12.1 Å². The van der Waals surface area contributed by atoms with Crippen LogP contribution < -0.4 is 5.73 Å². The minimum Gasteiger partial charge on any atom is -0.459 e. The summed E-state index contributed by atoms with van der Waals surface area (Å²) >= 11 is 3.43. The highest BCUT2D eigenvalue weighted by Gasteiger charge is 2.17. The molecule has 0 saturated heterocycles. The maximum Gasteiger partial charge on any atom is 0.340 e. The molecule has 3 nitrogen and oxygen atoms in total. The predicted molar refractivity (Wildman–Crippen MR) is 76.6 cm³/mol. The van der Waals surface area contributed by atoms with Gasteiger partial charge in [0.1, 0.15) is 0 Å². The summed E-state index contributed by atoms with van der Waals surface area (Å²) in [7, 11) is 0. The van der Waals surface area contributed by atoms with Crippen molar-refractivity contribution in [1.29, 1.82) is 0 Å². The molecule has 0 atom stereocenters. The van der Waals surface area contributed by atoms with Crippen molar-refractivity contribution in [2.75, 3.05) is 5.73 Å². The van der Waals surface area contributed by atoms with E-state index in [0.717, 1.165) is 15.2 Å². The lowest BCUT2D eigenvalue weighted by Crippen LogP contribution is -2.13. The Morgan fingerprint density at radius 2 is 2.00 bits per heavy atom. The summed E-state index contributed by atoms with van der Waals surface area (Å²) in [6, 6.07) is 9.50. The smallest absolute Gasteiger partial charge is 0.340 e. The standard InChI is InChI=1S/C14H14BrNO2/c1-8(2)18-14(17)11-7-9-5-3-4-6-10(9)12(15)13(11)16/h3-8H,16H2,1-2H3. The fourth-order valence-corrected chi connectivity index (χ4v) is 2.34. The lowest BCUT2D eigenvalue weighted by molar-refractivity contribution is 0.0379. The van der Waals surface area contributed by atoms with Gasteiger partial charge in [0.05, 0.1) is 17.4 Å². The molecule has 2 N–H and O–H groups in total. The molecular weight excluding hydrogens is 294 g/mol. The predicted octanol–water partition coefficient (Wildman–Crippen LogP) is 3.75. The largest absolute Gasteiger partial charge is 0.459 e. The first-order valence-corrected chi connectivity index (χ1v) is 6.47. The molecule has 94 valence electrons. The number of carbonyl (C=O) groups excluding carboxylic acids is 1. The second kappa shape index (κ2) is 4.98. The van der Waals surface area contributed by atoms with Gasteiger partial charge < -0.3 is 10.5 Å². The van der Waals surface area contributed by atoms with Crippen LogP contribution in [-0.2, 0) is 4.74 Å². The van der Waals surface area contributed by atoms with E-state index >= 15 is 0 Å². The summed E-state index contributed by atoms with van der Waals surface area (Å²) in [5.74, 6) is -0.394. The summed E-state index contributed by atoms with van der Waals surface area (Å²) in [6.07, 6.45) is -0.165. The third kappa shape index (κ3) is 2.34. The van der Waals surface area contributed by atoms with E-state index in [1.807, 2.05) is 38.1 Å². The van der Waals surface area contributed by atoms with Gasteiger partial charge in [-0.15, -0.1) is 0 Å². The molecule has 2 aromatic rings. The molecule has 0 aliphatic heterocycles. The number of anilines is 1. The van der Waals surface area contributed by atoms with E-state index in [-0.39, 0.29) is 6.10 Å². The van der Waals surface area contributed by atoms with E-state index in [4.69, 9.17) is 10.5 Å². The van der Waals surface area contributed by atoms with Gasteiger partial charge in [-0.2, -0.15) is 0 Å². The van der Waals surface area contributed by atoms with Crippen molar-refractivity contribution in [2.24, 2.45) is 0 Å². The van der Waals surface area contributed by atoms with Gasteiger partial charge in [-0.25, -0.2) is 4.79 Å². The van der Waals surface area contributed by atoms with Gasteiger partial charge in [0.25, 0.3) is 0 Å². The molecule has 0 unspecified atom stereocenters. The molecule has 2 rings (SSSR count). The third-order valence-corrected chi connectivity index (χ3v) is 3.44. The summed E-state index contributed by atoms with van der Waals surface area (Å²) in [4.78, 5) is 11.9.